The smallest absolute Gasteiger partial charge is 0.273 e. The summed E-state index contributed by atoms with van der Waals surface area (Å²) in [5, 5.41) is 6.90. The van der Waals surface area contributed by atoms with Gasteiger partial charge >= 0.3 is 0 Å². The van der Waals surface area contributed by atoms with Gasteiger partial charge in [0.1, 0.15) is 11.2 Å². The van der Waals surface area contributed by atoms with E-state index in [1.54, 1.807) is 12.1 Å². The van der Waals surface area contributed by atoms with Crippen LogP contribution < -0.4 is 5.56 Å². The first-order chi connectivity index (χ1) is 8.00. The van der Waals surface area contributed by atoms with Gasteiger partial charge in [0.2, 0.25) is 0 Å². The molecule has 0 spiro atoms. The minimum absolute atomic E-state index is 0.123. The number of hydrogen-bond donors (Lipinski definition) is 1. The van der Waals surface area contributed by atoms with Crippen LogP contribution in [0.25, 0.3) is 10.9 Å². The lowest BCUT2D eigenvalue weighted by Crippen LogP contribution is -2.13. The third-order valence-electron chi connectivity index (χ3n) is 2.57. The van der Waals surface area contributed by atoms with Crippen molar-refractivity contribution in [2.45, 2.75) is 26.7 Å². The number of Topliss-reactive ketones (excluding diaryl/α,β-unsaturated/α-hetero) is 1. The molecule has 0 aliphatic rings. The predicted octanol–water partition coefficient (Wildman–Crippen LogP) is 1.64. The van der Waals surface area contributed by atoms with Gasteiger partial charge in [-0.05, 0) is 18.1 Å². The normalized spacial score (nSPS) is 11.1. The monoisotopic (exact) mass is 231 g/mol. The molecule has 0 saturated heterocycles. The van der Waals surface area contributed by atoms with Crippen molar-refractivity contribution in [3.8, 4) is 0 Å². The van der Waals surface area contributed by atoms with Crippen LogP contribution in [0.3, 0.4) is 0 Å². The number of aromatic nitrogens is 3. The molecule has 0 aromatic carbocycles. The number of nitrogens with one attached hydrogen (secondary N) is 1. The number of aromatic amines is 1. The minimum Gasteiger partial charge on any atom is -0.293 e. The molecule has 0 amide bonds. The van der Waals surface area contributed by atoms with E-state index < -0.39 is 0 Å². The van der Waals surface area contributed by atoms with Crippen molar-refractivity contribution >= 4 is 16.7 Å². The Kier molecular flexibility index (Phi) is 2.75. The Hall–Kier alpha value is -2.04. The largest absolute Gasteiger partial charge is 0.293 e. The summed E-state index contributed by atoms with van der Waals surface area (Å²) in [4.78, 5) is 27.1. The molecule has 0 atom stereocenters. The van der Waals surface area contributed by atoms with Gasteiger partial charge in [0.05, 0.1) is 11.1 Å². The molecule has 0 aliphatic carbocycles. The maximum Gasteiger partial charge on any atom is 0.273 e. The van der Waals surface area contributed by atoms with Crippen molar-refractivity contribution in [2.75, 3.05) is 0 Å². The van der Waals surface area contributed by atoms with E-state index in [1.165, 1.54) is 6.92 Å². The van der Waals surface area contributed by atoms with Crippen LogP contribution in [0, 0.1) is 0 Å². The van der Waals surface area contributed by atoms with Crippen molar-refractivity contribution in [1.29, 1.82) is 0 Å². The van der Waals surface area contributed by atoms with Gasteiger partial charge in [0, 0.05) is 6.92 Å². The summed E-state index contributed by atoms with van der Waals surface area (Å²) in [6.07, 6.45) is 0. The maximum atomic E-state index is 11.6. The third kappa shape index (κ3) is 1.95. The molecule has 88 valence electrons. The molecule has 1 N–H and O–H groups in total. The van der Waals surface area contributed by atoms with Gasteiger partial charge in [-0.2, -0.15) is 5.10 Å². The molecule has 5 heteroatoms. The molecule has 2 heterocycles. The molecule has 0 radical (unpaired) electrons. The van der Waals surface area contributed by atoms with E-state index >= 15 is 0 Å². The Labute approximate surface area is 97.9 Å². The predicted molar refractivity (Wildman–Crippen MR) is 64.3 cm³/mol. The number of ketones is 1. The first-order valence-electron chi connectivity index (χ1n) is 5.41. The van der Waals surface area contributed by atoms with Gasteiger partial charge in [-0.25, -0.2) is 10.1 Å². The molecule has 0 unspecified atom stereocenters. The van der Waals surface area contributed by atoms with Gasteiger partial charge in [-0.1, -0.05) is 13.8 Å². The number of fused-ring (bicyclic) bond motifs is 1. The highest BCUT2D eigenvalue weighted by atomic mass is 16.1. The van der Waals surface area contributed by atoms with E-state index in [2.05, 4.69) is 15.2 Å². The molecule has 5 nitrogen and oxygen atoms in total. The molecule has 2 aromatic rings. The number of rotatable bonds is 2. The zero-order chi connectivity index (χ0) is 12.6. The highest BCUT2D eigenvalue weighted by Crippen LogP contribution is 2.18. The Morgan fingerprint density at radius 2 is 2.06 bits per heavy atom. The fourth-order valence-corrected chi connectivity index (χ4v) is 1.66. The fraction of sp³-hybridized carbons (Fsp3) is 0.333. The van der Waals surface area contributed by atoms with Crippen molar-refractivity contribution in [1.82, 2.24) is 15.2 Å². The summed E-state index contributed by atoms with van der Waals surface area (Å²) < 4.78 is 0. The van der Waals surface area contributed by atoms with Crippen LogP contribution in [-0.2, 0) is 0 Å². The average Bonchev–Trinajstić information content (AvgIpc) is 2.28. The number of hydrogen-bond acceptors (Lipinski definition) is 4. The summed E-state index contributed by atoms with van der Waals surface area (Å²) in [6, 6.07) is 3.18. The number of carbonyl (C=O) groups is 1. The lowest BCUT2D eigenvalue weighted by atomic mass is 10.1. The highest BCUT2D eigenvalue weighted by Gasteiger charge is 2.13. The number of carbonyl (C=O) groups excluding carboxylic acids is 1. The first-order valence-corrected chi connectivity index (χ1v) is 5.41. The summed E-state index contributed by atoms with van der Waals surface area (Å²) in [7, 11) is 0. The fourth-order valence-electron chi connectivity index (χ4n) is 1.66. The zero-order valence-corrected chi connectivity index (χ0v) is 9.94. The zero-order valence-electron chi connectivity index (χ0n) is 9.94. The summed E-state index contributed by atoms with van der Waals surface area (Å²) in [5.74, 6) is 0.00551. The van der Waals surface area contributed by atoms with Crippen LogP contribution in [0.2, 0.25) is 0 Å². The molecule has 17 heavy (non-hydrogen) atoms. The number of nitrogens with zero attached hydrogens (tertiary/aromatic N) is 2. The third-order valence-corrected chi connectivity index (χ3v) is 2.57. The van der Waals surface area contributed by atoms with E-state index in [-0.39, 0.29) is 17.3 Å². The minimum atomic E-state index is -0.285. The summed E-state index contributed by atoms with van der Waals surface area (Å²) in [6.45, 7) is 5.37. The van der Waals surface area contributed by atoms with E-state index in [1.807, 2.05) is 13.8 Å². The second-order valence-corrected chi connectivity index (χ2v) is 4.24. The van der Waals surface area contributed by atoms with Crippen LogP contribution in [0.1, 0.15) is 42.9 Å². The molecule has 0 fully saturated rings. The lowest BCUT2D eigenvalue weighted by molar-refractivity contribution is 0.101. The Morgan fingerprint density at radius 1 is 1.35 bits per heavy atom. The van der Waals surface area contributed by atoms with Crippen molar-refractivity contribution in [2.24, 2.45) is 0 Å². The average molecular weight is 231 g/mol. The van der Waals surface area contributed by atoms with Crippen LogP contribution >= 0.6 is 0 Å². The van der Waals surface area contributed by atoms with Gasteiger partial charge in [-0.3, -0.25) is 9.59 Å². The second-order valence-electron chi connectivity index (χ2n) is 4.24. The van der Waals surface area contributed by atoms with Crippen molar-refractivity contribution < 1.29 is 4.79 Å². The molecule has 0 aliphatic heterocycles. The van der Waals surface area contributed by atoms with Gasteiger partial charge in [0.25, 0.3) is 5.56 Å². The first kappa shape index (κ1) is 11.4. The van der Waals surface area contributed by atoms with Crippen LogP contribution in [0.4, 0.5) is 0 Å². The topological polar surface area (TPSA) is 75.7 Å². The highest BCUT2D eigenvalue weighted by molar-refractivity contribution is 5.94. The van der Waals surface area contributed by atoms with E-state index in [0.717, 1.165) is 0 Å². The molecule has 0 bridgehead atoms. The van der Waals surface area contributed by atoms with E-state index in [9.17, 15) is 9.59 Å². The number of pyridine rings is 1. The second kappa shape index (κ2) is 4.08. The quantitative estimate of drug-likeness (QED) is 0.797. The standard InChI is InChI=1S/C12H13N3O2/c1-6(2)10-11-8(12(17)15-14-10)4-5-9(13-11)7(3)16/h4-6H,1-3H3,(H,15,17). The van der Waals surface area contributed by atoms with E-state index in [0.29, 0.717) is 22.3 Å². The molecule has 0 saturated carbocycles. The van der Waals surface area contributed by atoms with Crippen LogP contribution in [0.15, 0.2) is 16.9 Å². The molecular weight excluding hydrogens is 218 g/mol. The van der Waals surface area contributed by atoms with E-state index in [4.69, 9.17) is 0 Å². The summed E-state index contributed by atoms with van der Waals surface area (Å²) in [5.41, 5.74) is 1.28. The van der Waals surface area contributed by atoms with Crippen LogP contribution in [-0.4, -0.2) is 21.0 Å². The summed E-state index contributed by atoms with van der Waals surface area (Å²) >= 11 is 0. The number of H-pyrrole nitrogens is 1. The Morgan fingerprint density at radius 3 is 2.65 bits per heavy atom. The van der Waals surface area contributed by atoms with Crippen LogP contribution in [0.5, 0.6) is 0 Å². The SMILES string of the molecule is CC(=O)c1ccc2c(=O)[nH]nc(C(C)C)c2n1. The lowest BCUT2D eigenvalue weighted by Gasteiger charge is -2.07. The maximum absolute atomic E-state index is 11.6. The Bertz CT molecular complexity index is 644. The van der Waals surface area contributed by atoms with Gasteiger partial charge in [-0.15, -0.1) is 0 Å². The van der Waals surface area contributed by atoms with Gasteiger partial charge in [0.15, 0.2) is 5.78 Å². The molecule has 2 aromatic heterocycles. The van der Waals surface area contributed by atoms with Gasteiger partial charge < -0.3 is 0 Å². The molecular formula is C12H13N3O2. The van der Waals surface area contributed by atoms with Crippen molar-refractivity contribution in [3.05, 3.63) is 33.9 Å². The molecule has 2 rings (SSSR count). The Balaban J connectivity index is 2.85. The van der Waals surface area contributed by atoms with Crippen molar-refractivity contribution in [3.63, 3.8) is 0 Å².